The maximum absolute atomic E-state index is 14.3. The minimum absolute atomic E-state index is 0.0181. The molecule has 1 aliphatic carbocycles. The molecule has 0 radical (unpaired) electrons. The highest BCUT2D eigenvalue weighted by atomic mass is 19.1. The van der Waals surface area contributed by atoms with Crippen LogP contribution in [0, 0.1) is 17.1 Å². The number of rotatable bonds is 6. The van der Waals surface area contributed by atoms with Crippen LogP contribution in [0.4, 0.5) is 9.18 Å². The van der Waals surface area contributed by atoms with Gasteiger partial charge >= 0.3 is 6.09 Å². The molecule has 4 rings (SSSR count). The van der Waals surface area contributed by atoms with Gasteiger partial charge in [0.25, 0.3) is 5.91 Å². The van der Waals surface area contributed by atoms with Crippen molar-refractivity contribution in [3.63, 3.8) is 0 Å². The van der Waals surface area contributed by atoms with Crippen molar-refractivity contribution < 1.29 is 23.5 Å². The Morgan fingerprint density at radius 3 is 2.67 bits per heavy atom. The summed E-state index contributed by atoms with van der Waals surface area (Å²) in [6, 6.07) is 6.09. The van der Waals surface area contributed by atoms with Crippen LogP contribution in [0.15, 0.2) is 24.4 Å². The lowest BCUT2D eigenvalue weighted by molar-refractivity contribution is 0.0489. The van der Waals surface area contributed by atoms with Crippen LogP contribution in [0.2, 0.25) is 0 Å². The summed E-state index contributed by atoms with van der Waals surface area (Å²) in [4.78, 5) is 25.6. The molecule has 33 heavy (non-hydrogen) atoms. The van der Waals surface area contributed by atoms with E-state index in [4.69, 9.17) is 9.47 Å². The van der Waals surface area contributed by atoms with E-state index in [2.05, 4.69) is 16.5 Å². The average Bonchev–Trinajstić information content (AvgIpc) is 3.40. The van der Waals surface area contributed by atoms with Crippen LogP contribution in [0.25, 0.3) is 0 Å². The number of hydrogen-bond acceptors (Lipinski definition) is 6. The lowest BCUT2D eigenvalue weighted by atomic mass is 10.1. The number of benzene rings is 1. The van der Waals surface area contributed by atoms with E-state index in [1.54, 1.807) is 15.8 Å². The molecule has 0 bridgehead atoms. The number of hydrogen-bond donors (Lipinski definition) is 1. The minimum atomic E-state index is -0.665. The van der Waals surface area contributed by atoms with Crippen molar-refractivity contribution in [1.82, 2.24) is 20.0 Å². The fourth-order valence-corrected chi connectivity index (χ4v) is 3.81. The first-order chi connectivity index (χ1) is 15.8. The maximum Gasteiger partial charge on any atom is 0.410 e. The Labute approximate surface area is 191 Å². The quantitative estimate of drug-likeness (QED) is 0.717. The smallest absolute Gasteiger partial charge is 0.410 e. The molecule has 2 aliphatic rings. The van der Waals surface area contributed by atoms with Gasteiger partial charge in [0, 0.05) is 31.3 Å². The number of carbonyl (C=O) groups is 2. The SMILES string of the molecule is CNC(=O)c1ccc(OCc2cnn(C3CCN(C(=O)OC4(C)CC4)CC3)c2C#N)c(F)c1. The van der Waals surface area contributed by atoms with Crippen LogP contribution >= 0.6 is 0 Å². The Balaban J connectivity index is 1.37. The van der Waals surface area contributed by atoms with Crippen LogP contribution in [0.1, 0.15) is 60.3 Å². The summed E-state index contributed by atoms with van der Waals surface area (Å²) in [5, 5.41) is 16.5. The highest BCUT2D eigenvalue weighted by Gasteiger charge is 2.43. The largest absolute Gasteiger partial charge is 0.486 e. The van der Waals surface area contributed by atoms with E-state index in [-0.39, 0.29) is 35.7 Å². The summed E-state index contributed by atoms with van der Waals surface area (Å²) in [5.74, 6) is -1.08. The summed E-state index contributed by atoms with van der Waals surface area (Å²) < 4.78 is 27.1. The van der Waals surface area contributed by atoms with Crippen molar-refractivity contribution >= 4 is 12.0 Å². The number of aromatic nitrogens is 2. The molecule has 1 aromatic carbocycles. The maximum atomic E-state index is 14.3. The van der Waals surface area contributed by atoms with Crippen molar-refractivity contribution in [1.29, 1.82) is 5.26 Å². The number of nitrogens with zero attached hydrogens (tertiary/aromatic N) is 4. The fraction of sp³-hybridized carbons (Fsp3) is 0.478. The minimum Gasteiger partial charge on any atom is -0.486 e. The molecular weight excluding hydrogens is 429 g/mol. The molecule has 174 valence electrons. The molecule has 0 spiro atoms. The first kappa shape index (κ1) is 22.6. The zero-order chi connectivity index (χ0) is 23.6. The second kappa shape index (κ2) is 9.10. The van der Waals surface area contributed by atoms with Gasteiger partial charge in [-0.25, -0.2) is 9.18 Å². The Hall–Kier alpha value is -3.61. The Morgan fingerprint density at radius 2 is 2.06 bits per heavy atom. The van der Waals surface area contributed by atoms with Crippen molar-refractivity contribution in [3.05, 3.63) is 47.0 Å². The molecule has 1 saturated carbocycles. The number of carbonyl (C=O) groups excluding carboxylic acids is 2. The van der Waals surface area contributed by atoms with Gasteiger partial charge < -0.3 is 19.7 Å². The van der Waals surface area contributed by atoms with Gasteiger partial charge in [-0.3, -0.25) is 9.48 Å². The topological polar surface area (TPSA) is 109 Å². The van der Waals surface area contributed by atoms with Gasteiger partial charge in [-0.15, -0.1) is 0 Å². The molecule has 0 unspecified atom stereocenters. The third kappa shape index (κ3) is 4.92. The number of likely N-dealkylation sites (tertiary alicyclic amines) is 1. The lowest BCUT2D eigenvalue weighted by Gasteiger charge is -2.32. The highest BCUT2D eigenvalue weighted by molar-refractivity contribution is 5.94. The van der Waals surface area contributed by atoms with E-state index in [9.17, 15) is 19.2 Å². The van der Waals surface area contributed by atoms with E-state index < -0.39 is 11.7 Å². The lowest BCUT2D eigenvalue weighted by Crippen LogP contribution is -2.41. The number of piperidine rings is 1. The van der Waals surface area contributed by atoms with Gasteiger partial charge in [0.15, 0.2) is 11.6 Å². The van der Waals surface area contributed by atoms with E-state index in [1.807, 2.05) is 6.92 Å². The summed E-state index contributed by atoms with van der Waals surface area (Å²) in [5.41, 5.74) is 0.773. The van der Waals surface area contributed by atoms with Crippen LogP contribution in [0.3, 0.4) is 0 Å². The van der Waals surface area contributed by atoms with E-state index in [0.29, 0.717) is 37.2 Å². The van der Waals surface area contributed by atoms with Gasteiger partial charge in [-0.2, -0.15) is 10.4 Å². The molecule has 2 aromatic rings. The number of ether oxygens (including phenoxy) is 2. The van der Waals surface area contributed by atoms with Gasteiger partial charge in [-0.05, 0) is 50.8 Å². The zero-order valence-corrected chi connectivity index (χ0v) is 18.6. The van der Waals surface area contributed by atoms with Crippen LogP contribution in [-0.4, -0.2) is 52.4 Å². The number of amides is 2. The van der Waals surface area contributed by atoms with Crippen LogP contribution in [0.5, 0.6) is 5.75 Å². The number of nitrogens with one attached hydrogen (secondary N) is 1. The van der Waals surface area contributed by atoms with Crippen molar-refractivity contribution in [2.45, 2.75) is 50.9 Å². The van der Waals surface area contributed by atoms with E-state index >= 15 is 0 Å². The third-order valence-electron chi connectivity index (χ3n) is 6.14. The van der Waals surface area contributed by atoms with E-state index in [1.165, 1.54) is 19.2 Å². The molecule has 1 saturated heterocycles. The molecule has 10 heteroatoms. The Kier molecular flexibility index (Phi) is 6.22. The normalized spacial score (nSPS) is 17.2. The summed E-state index contributed by atoms with van der Waals surface area (Å²) in [6.45, 7) is 2.95. The third-order valence-corrected chi connectivity index (χ3v) is 6.14. The van der Waals surface area contributed by atoms with Crippen molar-refractivity contribution in [3.8, 4) is 11.8 Å². The summed E-state index contributed by atoms with van der Waals surface area (Å²) in [6.07, 6.45) is 4.37. The molecule has 9 nitrogen and oxygen atoms in total. The molecule has 1 N–H and O–H groups in total. The van der Waals surface area contributed by atoms with Crippen molar-refractivity contribution in [2.24, 2.45) is 0 Å². The van der Waals surface area contributed by atoms with Crippen LogP contribution in [-0.2, 0) is 11.3 Å². The van der Waals surface area contributed by atoms with Crippen LogP contribution < -0.4 is 10.1 Å². The predicted octanol–water partition coefficient (Wildman–Crippen LogP) is 3.16. The molecule has 0 atom stereocenters. The molecule has 1 aliphatic heterocycles. The molecular formula is C23H26FN5O4. The number of halogens is 1. The zero-order valence-electron chi connectivity index (χ0n) is 18.6. The van der Waals surface area contributed by atoms with E-state index in [0.717, 1.165) is 18.9 Å². The van der Waals surface area contributed by atoms with Gasteiger partial charge in [0.2, 0.25) is 0 Å². The highest BCUT2D eigenvalue weighted by Crippen LogP contribution is 2.39. The fourth-order valence-electron chi connectivity index (χ4n) is 3.81. The Morgan fingerprint density at radius 1 is 1.33 bits per heavy atom. The monoisotopic (exact) mass is 455 g/mol. The average molecular weight is 455 g/mol. The molecule has 2 fully saturated rings. The first-order valence-electron chi connectivity index (χ1n) is 10.9. The molecule has 2 amide bonds. The predicted molar refractivity (Wildman–Crippen MR) is 115 cm³/mol. The van der Waals surface area contributed by atoms with Gasteiger partial charge in [0.1, 0.15) is 24.0 Å². The molecule has 2 heterocycles. The summed E-state index contributed by atoms with van der Waals surface area (Å²) >= 11 is 0. The molecule has 1 aromatic heterocycles. The standard InChI is InChI=1S/C23H26FN5O4/c1-23(7-8-23)33-22(31)28-9-5-17(6-10-28)29-19(12-25)16(13-27-29)14-32-20-4-3-15(11-18(20)24)21(30)26-2/h3-4,11,13,17H,5-10,14H2,1-2H3,(H,26,30). The number of nitriles is 1. The Bertz CT molecular complexity index is 1100. The second-order valence-corrected chi connectivity index (χ2v) is 8.62. The summed E-state index contributed by atoms with van der Waals surface area (Å²) in [7, 11) is 1.47. The first-order valence-corrected chi connectivity index (χ1v) is 10.9. The van der Waals surface area contributed by atoms with Gasteiger partial charge in [0.05, 0.1) is 12.2 Å². The van der Waals surface area contributed by atoms with Gasteiger partial charge in [-0.1, -0.05) is 0 Å². The van der Waals surface area contributed by atoms with Crippen molar-refractivity contribution in [2.75, 3.05) is 20.1 Å². The second-order valence-electron chi connectivity index (χ2n) is 8.62.